The molecule has 0 heterocycles. The zero-order chi connectivity index (χ0) is 15.6. The molecule has 0 atom stereocenters. The van der Waals surface area contributed by atoms with Crippen molar-refractivity contribution < 1.29 is 12.8 Å². The molecule has 0 amide bonds. The van der Waals surface area contributed by atoms with Crippen molar-refractivity contribution in [3.63, 3.8) is 0 Å². The number of nitrogens with one attached hydrogen (secondary N) is 1. The fourth-order valence-corrected chi connectivity index (χ4v) is 4.26. The van der Waals surface area contributed by atoms with Crippen molar-refractivity contribution >= 4 is 31.6 Å². The predicted octanol–water partition coefficient (Wildman–Crippen LogP) is 1.93. The van der Waals surface area contributed by atoms with Crippen LogP contribution in [0.2, 0.25) is 0 Å². The van der Waals surface area contributed by atoms with E-state index in [1.54, 1.807) is 0 Å². The topological polar surface area (TPSA) is 75.4 Å². The van der Waals surface area contributed by atoms with Gasteiger partial charge in [-0.1, -0.05) is 6.92 Å². The SMILES string of the molecule is CCN(CCNS(=O)(=O)c1cc(N)c(F)cc1Br)C1CC1. The molecular weight excluding hydrogens is 361 g/mol. The summed E-state index contributed by atoms with van der Waals surface area (Å²) in [6.07, 6.45) is 2.36. The van der Waals surface area contributed by atoms with E-state index in [9.17, 15) is 12.8 Å². The molecule has 0 spiro atoms. The van der Waals surface area contributed by atoms with E-state index in [0.717, 1.165) is 18.7 Å². The van der Waals surface area contributed by atoms with Crippen molar-refractivity contribution in [3.8, 4) is 0 Å². The zero-order valence-electron chi connectivity index (χ0n) is 11.8. The molecule has 1 aromatic rings. The summed E-state index contributed by atoms with van der Waals surface area (Å²) in [5.41, 5.74) is 5.25. The smallest absolute Gasteiger partial charge is 0.241 e. The molecule has 1 saturated carbocycles. The van der Waals surface area contributed by atoms with Crippen LogP contribution in [0.15, 0.2) is 21.5 Å². The van der Waals surface area contributed by atoms with E-state index in [0.29, 0.717) is 19.1 Å². The lowest BCUT2D eigenvalue weighted by Gasteiger charge is -2.20. The Balaban J connectivity index is 2.03. The molecule has 21 heavy (non-hydrogen) atoms. The van der Waals surface area contributed by atoms with Crippen LogP contribution in [0.25, 0.3) is 0 Å². The van der Waals surface area contributed by atoms with Crippen molar-refractivity contribution in [2.45, 2.75) is 30.7 Å². The summed E-state index contributed by atoms with van der Waals surface area (Å²) in [5, 5.41) is 0. The Hall–Kier alpha value is -0.700. The van der Waals surface area contributed by atoms with E-state index in [-0.39, 0.29) is 15.1 Å². The molecule has 1 aliphatic carbocycles. The highest BCUT2D eigenvalue weighted by atomic mass is 79.9. The second-order valence-corrected chi connectivity index (χ2v) is 7.65. The molecule has 118 valence electrons. The van der Waals surface area contributed by atoms with Crippen LogP contribution in [0.5, 0.6) is 0 Å². The quantitative estimate of drug-likeness (QED) is 0.709. The average Bonchev–Trinajstić information content (AvgIpc) is 3.23. The minimum atomic E-state index is -3.71. The van der Waals surface area contributed by atoms with Crippen molar-refractivity contribution in [2.75, 3.05) is 25.4 Å². The van der Waals surface area contributed by atoms with Gasteiger partial charge in [0.2, 0.25) is 10.0 Å². The molecule has 1 fully saturated rings. The van der Waals surface area contributed by atoms with Gasteiger partial charge < -0.3 is 5.73 Å². The third-order valence-corrected chi connectivity index (χ3v) is 5.92. The van der Waals surface area contributed by atoms with Crippen LogP contribution in [0, 0.1) is 5.82 Å². The summed E-state index contributed by atoms with van der Waals surface area (Å²) in [7, 11) is -3.71. The van der Waals surface area contributed by atoms with Gasteiger partial charge in [-0.2, -0.15) is 0 Å². The number of halogens is 2. The fourth-order valence-electron chi connectivity index (χ4n) is 2.19. The Morgan fingerprint density at radius 3 is 2.71 bits per heavy atom. The van der Waals surface area contributed by atoms with Crippen LogP contribution in [0.1, 0.15) is 19.8 Å². The second-order valence-electron chi connectivity index (χ2n) is 5.06. The Morgan fingerprint density at radius 1 is 1.48 bits per heavy atom. The third kappa shape index (κ3) is 4.15. The van der Waals surface area contributed by atoms with Gasteiger partial charge in [0, 0.05) is 23.6 Å². The van der Waals surface area contributed by atoms with Crippen LogP contribution in [-0.4, -0.2) is 39.0 Å². The normalized spacial score (nSPS) is 15.6. The molecule has 8 heteroatoms. The van der Waals surface area contributed by atoms with Gasteiger partial charge in [-0.05, 0) is 47.4 Å². The first-order valence-electron chi connectivity index (χ1n) is 6.83. The van der Waals surface area contributed by atoms with Gasteiger partial charge in [-0.3, -0.25) is 4.90 Å². The number of hydrogen-bond acceptors (Lipinski definition) is 4. The lowest BCUT2D eigenvalue weighted by Crippen LogP contribution is -2.36. The number of nitrogen functional groups attached to an aromatic ring is 1. The molecule has 1 aromatic carbocycles. The Labute approximate surface area is 132 Å². The molecule has 0 aromatic heterocycles. The second kappa shape index (κ2) is 6.60. The van der Waals surface area contributed by atoms with Gasteiger partial charge >= 0.3 is 0 Å². The van der Waals surface area contributed by atoms with Gasteiger partial charge in [0.15, 0.2) is 0 Å². The summed E-state index contributed by atoms with van der Waals surface area (Å²) in [6.45, 7) is 3.94. The van der Waals surface area contributed by atoms with Crippen LogP contribution < -0.4 is 10.5 Å². The average molecular weight is 380 g/mol. The number of nitrogens with two attached hydrogens (primary N) is 1. The maximum Gasteiger partial charge on any atom is 0.241 e. The largest absolute Gasteiger partial charge is 0.396 e. The van der Waals surface area contributed by atoms with Crippen molar-refractivity contribution in [3.05, 3.63) is 22.4 Å². The molecule has 3 N–H and O–H groups in total. The lowest BCUT2D eigenvalue weighted by molar-refractivity contribution is 0.282. The summed E-state index contributed by atoms with van der Waals surface area (Å²) in [6, 6.07) is 2.78. The standard InChI is InChI=1S/C13H19BrFN3O2S/c1-2-18(9-3-4-9)6-5-17-21(19,20)13-8-12(16)11(15)7-10(13)14/h7-9,17H,2-6,16H2,1H3. The number of nitrogens with zero attached hydrogens (tertiary/aromatic N) is 1. The number of anilines is 1. The maximum absolute atomic E-state index is 13.3. The summed E-state index contributed by atoms with van der Waals surface area (Å²) in [5.74, 6) is -0.647. The molecule has 1 aliphatic rings. The van der Waals surface area contributed by atoms with E-state index in [1.165, 1.54) is 12.8 Å². The van der Waals surface area contributed by atoms with Crippen molar-refractivity contribution in [1.29, 1.82) is 0 Å². The maximum atomic E-state index is 13.3. The highest BCUT2D eigenvalue weighted by molar-refractivity contribution is 9.10. The van der Waals surface area contributed by atoms with E-state index < -0.39 is 15.8 Å². The van der Waals surface area contributed by atoms with Gasteiger partial charge in [0.25, 0.3) is 0 Å². The van der Waals surface area contributed by atoms with Gasteiger partial charge in [0.05, 0.1) is 10.6 Å². The molecular formula is C13H19BrFN3O2S. The summed E-state index contributed by atoms with van der Waals surface area (Å²) >= 11 is 3.06. The molecule has 0 saturated heterocycles. The van der Waals surface area contributed by atoms with Gasteiger partial charge in [-0.15, -0.1) is 0 Å². The Bertz CT molecular complexity index is 620. The molecule has 0 radical (unpaired) electrons. The van der Waals surface area contributed by atoms with E-state index >= 15 is 0 Å². The molecule has 0 aliphatic heterocycles. The van der Waals surface area contributed by atoms with Gasteiger partial charge in [-0.25, -0.2) is 17.5 Å². The molecule has 2 rings (SSSR count). The van der Waals surface area contributed by atoms with Crippen LogP contribution >= 0.6 is 15.9 Å². The Morgan fingerprint density at radius 2 is 2.14 bits per heavy atom. The van der Waals surface area contributed by atoms with Crippen LogP contribution in [-0.2, 0) is 10.0 Å². The minimum absolute atomic E-state index is 0.0455. The number of rotatable bonds is 7. The molecule has 0 unspecified atom stereocenters. The summed E-state index contributed by atoms with van der Waals surface area (Å²) < 4.78 is 40.4. The predicted molar refractivity (Wildman–Crippen MR) is 84.0 cm³/mol. The van der Waals surface area contributed by atoms with E-state index in [4.69, 9.17) is 5.73 Å². The molecule has 5 nitrogen and oxygen atoms in total. The highest BCUT2D eigenvalue weighted by Crippen LogP contribution is 2.27. The number of benzene rings is 1. The van der Waals surface area contributed by atoms with Crippen molar-refractivity contribution in [1.82, 2.24) is 9.62 Å². The first-order valence-corrected chi connectivity index (χ1v) is 9.11. The summed E-state index contributed by atoms with van der Waals surface area (Å²) in [4.78, 5) is 2.20. The first kappa shape index (κ1) is 16.7. The highest BCUT2D eigenvalue weighted by Gasteiger charge is 2.27. The third-order valence-electron chi connectivity index (χ3n) is 3.50. The minimum Gasteiger partial charge on any atom is -0.396 e. The number of sulfonamides is 1. The van der Waals surface area contributed by atoms with E-state index in [1.807, 2.05) is 0 Å². The van der Waals surface area contributed by atoms with Crippen LogP contribution in [0.3, 0.4) is 0 Å². The first-order chi connectivity index (χ1) is 9.85. The van der Waals surface area contributed by atoms with Crippen LogP contribution in [0.4, 0.5) is 10.1 Å². The zero-order valence-corrected chi connectivity index (χ0v) is 14.2. The van der Waals surface area contributed by atoms with Crippen molar-refractivity contribution in [2.24, 2.45) is 0 Å². The molecule has 0 bridgehead atoms. The fraction of sp³-hybridized carbons (Fsp3) is 0.538. The monoisotopic (exact) mass is 379 g/mol. The lowest BCUT2D eigenvalue weighted by atomic mass is 10.3. The van der Waals surface area contributed by atoms with E-state index in [2.05, 4.69) is 32.5 Å². The van der Waals surface area contributed by atoms with Gasteiger partial charge in [0.1, 0.15) is 5.82 Å². The Kier molecular flexibility index (Phi) is 5.24. The number of likely N-dealkylation sites (N-methyl/N-ethyl adjacent to an activating group) is 1. The number of hydrogen-bond donors (Lipinski definition) is 2.